The lowest BCUT2D eigenvalue weighted by molar-refractivity contribution is 0.0648. The van der Waals surface area contributed by atoms with Crippen molar-refractivity contribution >= 4 is 5.91 Å². The fourth-order valence-electron chi connectivity index (χ4n) is 3.63. The minimum Gasteiger partial charge on any atom is -0.507 e. The molecule has 2 heterocycles. The van der Waals surface area contributed by atoms with E-state index in [1.807, 2.05) is 17.9 Å². The van der Waals surface area contributed by atoms with Crippen LogP contribution in [0.4, 0.5) is 0 Å². The lowest BCUT2D eigenvalue weighted by atomic mass is 9.89. The van der Waals surface area contributed by atoms with Gasteiger partial charge in [-0.15, -0.1) is 0 Å². The molecule has 21 heavy (non-hydrogen) atoms. The second-order valence-electron chi connectivity index (χ2n) is 6.38. The Morgan fingerprint density at radius 2 is 2.19 bits per heavy atom. The van der Waals surface area contributed by atoms with Crippen molar-refractivity contribution in [3.05, 3.63) is 29.3 Å². The maximum atomic E-state index is 12.6. The van der Waals surface area contributed by atoms with Gasteiger partial charge in [-0.2, -0.15) is 0 Å². The van der Waals surface area contributed by atoms with Crippen molar-refractivity contribution in [1.29, 1.82) is 0 Å². The van der Waals surface area contributed by atoms with E-state index in [-0.39, 0.29) is 11.7 Å². The van der Waals surface area contributed by atoms with Gasteiger partial charge in [0, 0.05) is 19.1 Å². The van der Waals surface area contributed by atoms with E-state index in [4.69, 9.17) is 0 Å². The van der Waals surface area contributed by atoms with E-state index in [9.17, 15) is 9.90 Å². The Morgan fingerprint density at radius 3 is 2.90 bits per heavy atom. The van der Waals surface area contributed by atoms with E-state index in [1.54, 1.807) is 12.1 Å². The summed E-state index contributed by atoms with van der Waals surface area (Å²) in [7, 11) is 0. The topological polar surface area (TPSA) is 52.6 Å². The number of carbonyl (C=O) groups is 1. The first-order chi connectivity index (χ1) is 10.1. The predicted molar refractivity (Wildman–Crippen MR) is 82.5 cm³/mol. The molecule has 4 nitrogen and oxygen atoms in total. The first-order valence-electron chi connectivity index (χ1n) is 7.97. The van der Waals surface area contributed by atoms with E-state index in [1.165, 1.54) is 19.3 Å². The van der Waals surface area contributed by atoms with Crippen molar-refractivity contribution in [2.75, 3.05) is 19.6 Å². The molecule has 2 unspecified atom stereocenters. The van der Waals surface area contributed by atoms with Gasteiger partial charge in [-0.25, -0.2) is 0 Å². The van der Waals surface area contributed by atoms with Crippen molar-refractivity contribution in [2.24, 2.45) is 5.92 Å². The van der Waals surface area contributed by atoms with Crippen LogP contribution in [0.5, 0.6) is 5.75 Å². The quantitative estimate of drug-likeness (QED) is 0.878. The summed E-state index contributed by atoms with van der Waals surface area (Å²) >= 11 is 0. The number of phenolic OH excluding ortho intramolecular Hbond substituents is 1. The van der Waals surface area contributed by atoms with E-state index < -0.39 is 0 Å². The first-order valence-corrected chi connectivity index (χ1v) is 7.97. The summed E-state index contributed by atoms with van der Waals surface area (Å²) in [6, 6.07) is 5.84. The molecule has 2 atom stereocenters. The normalized spacial score (nSPS) is 26.0. The summed E-state index contributed by atoms with van der Waals surface area (Å²) in [5, 5.41) is 13.6. The van der Waals surface area contributed by atoms with Gasteiger partial charge in [0.15, 0.2) is 0 Å². The molecule has 0 aromatic heterocycles. The SMILES string of the molecule is Cc1ccc(C(=O)N2CCCC(C3CCCN3)C2)c(O)c1. The summed E-state index contributed by atoms with van der Waals surface area (Å²) in [6.45, 7) is 4.63. The Kier molecular flexibility index (Phi) is 4.15. The molecule has 0 saturated carbocycles. The Labute approximate surface area is 126 Å². The lowest BCUT2D eigenvalue weighted by Gasteiger charge is -2.36. The Morgan fingerprint density at radius 1 is 1.33 bits per heavy atom. The molecule has 1 amide bonds. The molecule has 4 heteroatoms. The van der Waals surface area contributed by atoms with Crippen LogP contribution in [0, 0.1) is 12.8 Å². The van der Waals surface area contributed by atoms with E-state index in [0.29, 0.717) is 17.5 Å². The Bertz CT molecular complexity index is 524. The zero-order valence-electron chi connectivity index (χ0n) is 12.6. The van der Waals surface area contributed by atoms with Crippen LogP contribution < -0.4 is 5.32 Å². The second kappa shape index (κ2) is 6.06. The largest absolute Gasteiger partial charge is 0.507 e. The summed E-state index contributed by atoms with van der Waals surface area (Å²) in [4.78, 5) is 14.6. The molecule has 2 saturated heterocycles. The third kappa shape index (κ3) is 3.05. The molecule has 0 aliphatic carbocycles. The van der Waals surface area contributed by atoms with Gasteiger partial charge >= 0.3 is 0 Å². The number of amides is 1. The number of carbonyl (C=O) groups excluding carboxylic acids is 1. The molecule has 2 fully saturated rings. The lowest BCUT2D eigenvalue weighted by Crippen LogP contribution is -2.45. The van der Waals surface area contributed by atoms with E-state index in [2.05, 4.69) is 5.32 Å². The number of hydrogen-bond donors (Lipinski definition) is 2. The molecule has 2 N–H and O–H groups in total. The maximum absolute atomic E-state index is 12.6. The van der Waals surface area contributed by atoms with Gasteiger partial charge in [-0.3, -0.25) is 4.79 Å². The van der Waals surface area contributed by atoms with Crippen molar-refractivity contribution in [3.8, 4) is 5.75 Å². The summed E-state index contributed by atoms with van der Waals surface area (Å²) < 4.78 is 0. The molecule has 1 aromatic carbocycles. The number of hydrogen-bond acceptors (Lipinski definition) is 3. The molecule has 1 aromatic rings. The number of nitrogens with one attached hydrogen (secondary N) is 1. The van der Waals surface area contributed by atoms with Crippen molar-refractivity contribution in [2.45, 2.75) is 38.6 Å². The minimum absolute atomic E-state index is 0.0322. The van der Waals surface area contributed by atoms with Crippen molar-refractivity contribution < 1.29 is 9.90 Å². The Balaban J connectivity index is 1.71. The first kappa shape index (κ1) is 14.4. The molecule has 2 aliphatic heterocycles. The van der Waals surface area contributed by atoms with Gasteiger partial charge in [-0.1, -0.05) is 6.07 Å². The van der Waals surface area contributed by atoms with Crippen LogP contribution in [-0.2, 0) is 0 Å². The zero-order valence-corrected chi connectivity index (χ0v) is 12.6. The van der Waals surface area contributed by atoms with Crippen LogP contribution in [0.3, 0.4) is 0 Å². The fourth-order valence-corrected chi connectivity index (χ4v) is 3.63. The summed E-state index contributed by atoms with van der Waals surface area (Å²) in [6.07, 6.45) is 4.72. The molecular weight excluding hydrogens is 264 g/mol. The van der Waals surface area contributed by atoms with Crippen LogP contribution in [0.1, 0.15) is 41.6 Å². The second-order valence-corrected chi connectivity index (χ2v) is 6.38. The highest BCUT2D eigenvalue weighted by molar-refractivity contribution is 5.97. The van der Waals surface area contributed by atoms with E-state index in [0.717, 1.165) is 31.6 Å². The third-order valence-electron chi connectivity index (χ3n) is 4.80. The molecule has 0 bridgehead atoms. The van der Waals surface area contributed by atoms with Gasteiger partial charge in [-0.05, 0) is 62.8 Å². The highest BCUT2D eigenvalue weighted by Gasteiger charge is 2.31. The van der Waals surface area contributed by atoms with Crippen LogP contribution >= 0.6 is 0 Å². The average Bonchev–Trinajstić information content (AvgIpc) is 3.01. The van der Waals surface area contributed by atoms with Crippen LogP contribution in [0.25, 0.3) is 0 Å². The standard InChI is InChI=1S/C17H24N2O2/c1-12-6-7-14(16(20)10-12)17(21)19-9-3-4-13(11-19)15-5-2-8-18-15/h6-7,10,13,15,18,20H,2-5,8-9,11H2,1H3. The van der Waals surface area contributed by atoms with Crippen molar-refractivity contribution in [3.63, 3.8) is 0 Å². The van der Waals surface area contributed by atoms with Crippen LogP contribution in [-0.4, -0.2) is 41.6 Å². The van der Waals surface area contributed by atoms with Gasteiger partial charge in [0.25, 0.3) is 5.91 Å². The van der Waals surface area contributed by atoms with Gasteiger partial charge < -0.3 is 15.3 Å². The monoisotopic (exact) mass is 288 g/mol. The highest BCUT2D eigenvalue weighted by Crippen LogP contribution is 2.27. The number of benzene rings is 1. The van der Waals surface area contributed by atoms with Gasteiger partial charge in [0.2, 0.25) is 0 Å². The Hall–Kier alpha value is -1.55. The molecule has 0 radical (unpaired) electrons. The van der Waals surface area contributed by atoms with Gasteiger partial charge in [0.05, 0.1) is 5.56 Å². The smallest absolute Gasteiger partial charge is 0.257 e. The molecule has 3 rings (SSSR count). The number of piperidine rings is 1. The number of nitrogens with zero attached hydrogens (tertiary/aromatic N) is 1. The number of likely N-dealkylation sites (tertiary alicyclic amines) is 1. The molecular formula is C17H24N2O2. The van der Waals surface area contributed by atoms with E-state index >= 15 is 0 Å². The predicted octanol–water partition coefficient (Wildman–Crippen LogP) is 2.30. The third-order valence-corrected chi connectivity index (χ3v) is 4.80. The number of aryl methyl sites for hydroxylation is 1. The summed E-state index contributed by atoms with van der Waals surface area (Å²) in [5.41, 5.74) is 1.40. The number of phenols is 1. The maximum Gasteiger partial charge on any atom is 0.257 e. The minimum atomic E-state index is -0.0322. The van der Waals surface area contributed by atoms with Crippen LogP contribution in [0.15, 0.2) is 18.2 Å². The average molecular weight is 288 g/mol. The molecule has 114 valence electrons. The van der Waals surface area contributed by atoms with Gasteiger partial charge in [0.1, 0.15) is 5.75 Å². The highest BCUT2D eigenvalue weighted by atomic mass is 16.3. The number of rotatable bonds is 2. The fraction of sp³-hybridized carbons (Fsp3) is 0.588. The number of aromatic hydroxyl groups is 1. The van der Waals surface area contributed by atoms with Crippen LogP contribution in [0.2, 0.25) is 0 Å². The molecule has 2 aliphatic rings. The molecule has 0 spiro atoms. The summed E-state index contributed by atoms with van der Waals surface area (Å²) in [5.74, 6) is 0.620. The zero-order chi connectivity index (χ0) is 14.8. The van der Waals surface area contributed by atoms with Crippen molar-refractivity contribution in [1.82, 2.24) is 10.2 Å².